The molecular formula is C16H26N4O2. The average Bonchev–Trinajstić information content (AvgIpc) is 2.93. The number of carbonyl (C=O) groups excluding carboxylic acids is 1. The number of amides is 1. The fraction of sp³-hybridized carbons (Fsp3) is 0.750. The lowest BCUT2D eigenvalue weighted by Crippen LogP contribution is -2.56. The van der Waals surface area contributed by atoms with Crippen LogP contribution >= 0.6 is 0 Å². The smallest absolute Gasteiger partial charge is 0.220 e. The Kier molecular flexibility index (Phi) is 4.49. The Labute approximate surface area is 131 Å². The molecule has 2 atom stereocenters. The lowest BCUT2D eigenvalue weighted by atomic mass is 9.86. The Bertz CT molecular complexity index is 522. The summed E-state index contributed by atoms with van der Waals surface area (Å²) in [5.41, 5.74) is 1.09. The fourth-order valence-electron chi connectivity index (χ4n) is 3.46. The first-order valence-corrected chi connectivity index (χ1v) is 8.20. The summed E-state index contributed by atoms with van der Waals surface area (Å²) in [5.74, 6) is 0.128. The van der Waals surface area contributed by atoms with E-state index in [0.29, 0.717) is 18.6 Å². The number of carbonyl (C=O) groups is 1. The van der Waals surface area contributed by atoms with Gasteiger partial charge in [0, 0.05) is 37.9 Å². The highest BCUT2D eigenvalue weighted by Gasteiger charge is 2.37. The van der Waals surface area contributed by atoms with Crippen LogP contribution in [0.3, 0.4) is 0 Å². The van der Waals surface area contributed by atoms with Gasteiger partial charge in [-0.1, -0.05) is 0 Å². The van der Waals surface area contributed by atoms with Crippen molar-refractivity contribution in [3.8, 4) is 0 Å². The summed E-state index contributed by atoms with van der Waals surface area (Å²) in [5, 5.41) is 11.3. The molecule has 22 heavy (non-hydrogen) atoms. The van der Waals surface area contributed by atoms with Gasteiger partial charge in [0.2, 0.25) is 5.91 Å². The van der Waals surface area contributed by atoms with Crippen molar-refractivity contribution in [1.29, 1.82) is 0 Å². The van der Waals surface area contributed by atoms with Gasteiger partial charge in [-0.3, -0.25) is 9.48 Å². The summed E-state index contributed by atoms with van der Waals surface area (Å²) in [7, 11) is 1.77. The lowest BCUT2D eigenvalue weighted by molar-refractivity contribution is -0.124. The minimum atomic E-state index is -0.00672. The molecule has 2 heterocycles. The summed E-state index contributed by atoms with van der Waals surface area (Å²) in [4.78, 5) is 11.9. The standard InChI is InChI=1S/C16H26N4O2/c1-10(2)20-14(6-7-17-20)16-13(4-5-15(21)19-16)18-11-8-12(9-11)22-3/h6-7,10-13,16,18H,4-5,8-9H2,1-3H3,(H,19,21)/t11?,12?,13-,16-/m1/s1. The number of hydrogen-bond donors (Lipinski definition) is 2. The van der Waals surface area contributed by atoms with Crippen LogP contribution < -0.4 is 10.6 Å². The fourth-order valence-corrected chi connectivity index (χ4v) is 3.46. The van der Waals surface area contributed by atoms with Gasteiger partial charge in [-0.25, -0.2) is 0 Å². The van der Waals surface area contributed by atoms with Crippen molar-refractivity contribution in [2.75, 3.05) is 7.11 Å². The quantitative estimate of drug-likeness (QED) is 0.866. The molecule has 0 unspecified atom stereocenters. The van der Waals surface area contributed by atoms with Gasteiger partial charge in [-0.2, -0.15) is 5.10 Å². The van der Waals surface area contributed by atoms with Crippen LogP contribution in [0, 0.1) is 0 Å². The van der Waals surface area contributed by atoms with Crippen LogP contribution in [0.25, 0.3) is 0 Å². The second kappa shape index (κ2) is 6.38. The molecule has 1 aromatic heterocycles. The Morgan fingerprint density at radius 1 is 1.45 bits per heavy atom. The highest BCUT2D eigenvalue weighted by molar-refractivity contribution is 5.77. The topological polar surface area (TPSA) is 68.2 Å². The lowest BCUT2D eigenvalue weighted by Gasteiger charge is -2.41. The molecule has 6 nitrogen and oxygen atoms in total. The predicted octanol–water partition coefficient (Wildman–Crippen LogP) is 1.55. The zero-order valence-electron chi connectivity index (χ0n) is 13.6. The largest absolute Gasteiger partial charge is 0.381 e. The van der Waals surface area contributed by atoms with Crippen LogP contribution in [0.15, 0.2) is 12.3 Å². The second-order valence-electron chi connectivity index (χ2n) is 6.68. The highest BCUT2D eigenvalue weighted by atomic mass is 16.5. The molecule has 1 amide bonds. The first-order chi connectivity index (χ1) is 10.6. The van der Waals surface area contributed by atoms with Crippen LogP contribution in [0.4, 0.5) is 0 Å². The first-order valence-electron chi connectivity index (χ1n) is 8.20. The van der Waals surface area contributed by atoms with E-state index in [0.717, 1.165) is 25.0 Å². The van der Waals surface area contributed by atoms with Crippen LogP contribution in [0.5, 0.6) is 0 Å². The number of hydrogen-bond acceptors (Lipinski definition) is 4. The van der Waals surface area contributed by atoms with E-state index in [1.165, 1.54) is 0 Å². The van der Waals surface area contributed by atoms with Gasteiger partial charge in [0.15, 0.2) is 0 Å². The van der Waals surface area contributed by atoms with Gasteiger partial charge >= 0.3 is 0 Å². The third-order valence-corrected chi connectivity index (χ3v) is 4.79. The summed E-state index contributed by atoms with van der Waals surface area (Å²) < 4.78 is 7.35. The van der Waals surface area contributed by atoms with E-state index in [1.807, 2.05) is 16.9 Å². The third kappa shape index (κ3) is 3.03. The minimum absolute atomic E-state index is 0.00672. The minimum Gasteiger partial charge on any atom is -0.381 e. The Morgan fingerprint density at radius 2 is 2.23 bits per heavy atom. The van der Waals surface area contributed by atoms with Gasteiger partial charge in [0.1, 0.15) is 0 Å². The van der Waals surface area contributed by atoms with E-state index < -0.39 is 0 Å². The Hall–Kier alpha value is -1.40. The maximum atomic E-state index is 11.9. The number of aromatic nitrogens is 2. The number of nitrogens with one attached hydrogen (secondary N) is 2. The van der Waals surface area contributed by atoms with Gasteiger partial charge < -0.3 is 15.4 Å². The summed E-state index contributed by atoms with van der Waals surface area (Å²) in [6.45, 7) is 4.22. The van der Waals surface area contributed by atoms with Crippen molar-refractivity contribution in [3.63, 3.8) is 0 Å². The molecule has 1 aliphatic carbocycles. The van der Waals surface area contributed by atoms with Crippen molar-refractivity contribution in [2.24, 2.45) is 0 Å². The Balaban J connectivity index is 1.73. The van der Waals surface area contributed by atoms with Crippen LogP contribution in [-0.4, -0.2) is 41.0 Å². The monoisotopic (exact) mass is 306 g/mol. The van der Waals surface area contributed by atoms with Crippen molar-refractivity contribution in [3.05, 3.63) is 18.0 Å². The second-order valence-corrected chi connectivity index (χ2v) is 6.68. The molecule has 2 aliphatic rings. The zero-order valence-corrected chi connectivity index (χ0v) is 13.6. The van der Waals surface area contributed by atoms with E-state index in [9.17, 15) is 4.79 Å². The van der Waals surface area contributed by atoms with Gasteiger partial charge in [-0.05, 0) is 39.2 Å². The molecule has 1 aliphatic heterocycles. The van der Waals surface area contributed by atoms with Crippen molar-refractivity contribution >= 4 is 5.91 Å². The van der Waals surface area contributed by atoms with Gasteiger partial charge in [0.25, 0.3) is 0 Å². The molecule has 1 saturated heterocycles. The Morgan fingerprint density at radius 3 is 2.91 bits per heavy atom. The molecule has 1 aromatic rings. The molecule has 6 heteroatoms. The van der Waals surface area contributed by atoms with Crippen LogP contribution in [-0.2, 0) is 9.53 Å². The van der Waals surface area contributed by atoms with E-state index in [1.54, 1.807) is 7.11 Å². The molecule has 122 valence electrons. The number of rotatable bonds is 5. The van der Waals surface area contributed by atoms with Crippen LogP contribution in [0.2, 0.25) is 0 Å². The summed E-state index contributed by atoms with van der Waals surface area (Å²) in [6, 6.07) is 3.04. The molecule has 0 aromatic carbocycles. The average molecular weight is 306 g/mol. The maximum Gasteiger partial charge on any atom is 0.220 e. The molecular weight excluding hydrogens is 280 g/mol. The van der Waals surface area contributed by atoms with Crippen molar-refractivity contribution in [1.82, 2.24) is 20.4 Å². The number of methoxy groups -OCH3 is 1. The van der Waals surface area contributed by atoms with E-state index >= 15 is 0 Å². The summed E-state index contributed by atoms with van der Waals surface area (Å²) >= 11 is 0. The zero-order chi connectivity index (χ0) is 15.7. The number of piperidine rings is 1. The molecule has 2 N–H and O–H groups in total. The van der Waals surface area contributed by atoms with Gasteiger partial charge in [0.05, 0.1) is 17.8 Å². The molecule has 1 saturated carbocycles. The highest BCUT2D eigenvalue weighted by Crippen LogP contribution is 2.29. The molecule has 3 rings (SSSR count). The maximum absolute atomic E-state index is 11.9. The molecule has 0 radical (unpaired) electrons. The van der Waals surface area contributed by atoms with Crippen molar-refractivity contribution < 1.29 is 9.53 Å². The van der Waals surface area contributed by atoms with Crippen molar-refractivity contribution in [2.45, 2.75) is 69.8 Å². The summed E-state index contributed by atoms with van der Waals surface area (Å²) in [6.07, 6.45) is 5.76. The van der Waals surface area contributed by atoms with E-state index in [2.05, 4.69) is 29.6 Å². The predicted molar refractivity (Wildman–Crippen MR) is 83.5 cm³/mol. The number of ether oxygens (including phenoxy) is 1. The first kappa shape index (κ1) is 15.5. The van der Waals surface area contributed by atoms with E-state index in [-0.39, 0.29) is 24.0 Å². The third-order valence-electron chi connectivity index (χ3n) is 4.79. The molecule has 2 fully saturated rings. The van der Waals surface area contributed by atoms with Gasteiger partial charge in [-0.15, -0.1) is 0 Å². The molecule has 0 spiro atoms. The van der Waals surface area contributed by atoms with Crippen LogP contribution in [0.1, 0.15) is 57.3 Å². The number of nitrogens with zero attached hydrogens (tertiary/aromatic N) is 2. The SMILES string of the molecule is COC1CC(N[C@@H]2CCC(=O)N[C@H]2c2ccnn2C(C)C)C1. The molecule has 0 bridgehead atoms. The van der Waals surface area contributed by atoms with E-state index in [4.69, 9.17) is 4.74 Å². The normalized spacial score (nSPS) is 31.9.